The summed E-state index contributed by atoms with van der Waals surface area (Å²) in [7, 11) is 0. The van der Waals surface area contributed by atoms with Gasteiger partial charge in [0.15, 0.2) is 0 Å². The molecule has 1 amide bonds. The lowest BCUT2D eigenvalue weighted by molar-refractivity contribution is -0.119. The lowest BCUT2D eigenvalue weighted by Gasteiger charge is -2.08. The molecule has 0 spiro atoms. The monoisotopic (exact) mass is 209 g/mol. The van der Waals surface area contributed by atoms with Gasteiger partial charge >= 0.3 is 0 Å². The van der Waals surface area contributed by atoms with Crippen molar-refractivity contribution in [1.29, 1.82) is 0 Å². The Labute approximate surface area is 88.3 Å². The van der Waals surface area contributed by atoms with Gasteiger partial charge in [0.05, 0.1) is 6.54 Å². The molecular formula is C9H15N5O. The highest BCUT2D eigenvalue weighted by molar-refractivity contribution is 5.80. The van der Waals surface area contributed by atoms with Crippen LogP contribution >= 0.6 is 0 Å². The van der Waals surface area contributed by atoms with Crippen LogP contribution in [0.3, 0.4) is 0 Å². The number of hydrogen-bond donors (Lipinski definition) is 3. The number of carbonyl (C=O) groups is 1. The van der Waals surface area contributed by atoms with E-state index in [1.165, 1.54) is 0 Å². The van der Waals surface area contributed by atoms with Crippen LogP contribution in [0.25, 0.3) is 0 Å². The van der Waals surface area contributed by atoms with E-state index in [9.17, 15) is 4.79 Å². The summed E-state index contributed by atoms with van der Waals surface area (Å²) in [6, 6.07) is 0. The minimum atomic E-state index is -0.0749. The molecule has 6 heteroatoms. The smallest absolute Gasteiger partial charge is 0.239 e. The normalized spacial score (nSPS) is 9.73. The van der Waals surface area contributed by atoms with Crippen molar-refractivity contribution >= 4 is 17.7 Å². The molecule has 6 nitrogen and oxygen atoms in total. The predicted molar refractivity (Wildman–Crippen MR) is 58.4 cm³/mol. The number of aryl methyl sites for hydroxylation is 1. The maximum absolute atomic E-state index is 11.2. The first kappa shape index (κ1) is 11.2. The van der Waals surface area contributed by atoms with E-state index in [-0.39, 0.29) is 18.4 Å². The summed E-state index contributed by atoms with van der Waals surface area (Å²) < 4.78 is 0. The second kappa shape index (κ2) is 5.14. The Hall–Kier alpha value is -1.85. The third kappa shape index (κ3) is 3.41. The summed E-state index contributed by atoms with van der Waals surface area (Å²) in [5.41, 5.74) is 6.28. The standard InChI is InChI=1S/C9H15N5O/c1-3-11-7(15)5-12-8-6(2)4-13-9(10)14-8/h4H,3,5H2,1-2H3,(H,11,15)(H3,10,12,13,14). The Balaban J connectivity index is 2.57. The number of amides is 1. The predicted octanol–water partition coefficient (Wildman–Crippen LogP) is -0.0848. The van der Waals surface area contributed by atoms with Crippen molar-refractivity contribution in [2.45, 2.75) is 13.8 Å². The second-order valence-electron chi connectivity index (χ2n) is 3.07. The third-order valence-electron chi connectivity index (χ3n) is 1.78. The molecule has 0 aromatic carbocycles. The van der Waals surface area contributed by atoms with Crippen LogP contribution in [-0.2, 0) is 4.79 Å². The SMILES string of the molecule is CCNC(=O)CNc1nc(N)ncc1C. The van der Waals surface area contributed by atoms with Crippen LogP contribution in [-0.4, -0.2) is 29.0 Å². The number of nitrogens with zero attached hydrogens (tertiary/aromatic N) is 2. The van der Waals surface area contributed by atoms with Gasteiger partial charge < -0.3 is 16.4 Å². The summed E-state index contributed by atoms with van der Waals surface area (Å²) >= 11 is 0. The number of nitrogens with two attached hydrogens (primary N) is 1. The first-order valence-electron chi connectivity index (χ1n) is 4.73. The maximum atomic E-state index is 11.2. The van der Waals surface area contributed by atoms with Gasteiger partial charge in [0.1, 0.15) is 5.82 Å². The van der Waals surface area contributed by atoms with Crippen molar-refractivity contribution in [3.63, 3.8) is 0 Å². The molecule has 0 aliphatic heterocycles. The summed E-state index contributed by atoms with van der Waals surface area (Å²) in [5.74, 6) is 0.710. The quantitative estimate of drug-likeness (QED) is 0.644. The zero-order chi connectivity index (χ0) is 11.3. The summed E-state index contributed by atoms with van der Waals surface area (Å²) in [5, 5.41) is 5.57. The number of hydrogen-bond acceptors (Lipinski definition) is 5. The van der Waals surface area contributed by atoms with Gasteiger partial charge in [0, 0.05) is 18.3 Å². The Kier molecular flexibility index (Phi) is 3.84. The van der Waals surface area contributed by atoms with Crippen molar-refractivity contribution in [3.05, 3.63) is 11.8 Å². The first-order chi connectivity index (χ1) is 7.13. The molecule has 0 bridgehead atoms. The van der Waals surface area contributed by atoms with Gasteiger partial charge in [-0.25, -0.2) is 4.98 Å². The van der Waals surface area contributed by atoms with Crippen molar-refractivity contribution in [2.24, 2.45) is 0 Å². The summed E-state index contributed by atoms with van der Waals surface area (Å²) in [6.07, 6.45) is 1.61. The van der Waals surface area contributed by atoms with Gasteiger partial charge in [0.2, 0.25) is 11.9 Å². The molecule has 0 radical (unpaired) electrons. The van der Waals surface area contributed by atoms with Gasteiger partial charge in [-0.15, -0.1) is 0 Å². The topological polar surface area (TPSA) is 92.9 Å². The molecule has 1 aromatic rings. The van der Waals surface area contributed by atoms with E-state index in [2.05, 4.69) is 20.6 Å². The fourth-order valence-corrected chi connectivity index (χ4v) is 1.06. The van der Waals surface area contributed by atoms with Gasteiger partial charge in [-0.05, 0) is 13.8 Å². The largest absolute Gasteiger partial charge is 0.368 e. The number of carbonyl (C=O) groups excluding carboxylic acids is 1. The van der Waals surface area contributed by atoms with Crippen LogP contribution in [0.2, 0.25) is 0 Å². The van der Waals surface area contributed by atoms with Gasteiger partial charge in [-0.1, -0.05) is 0 Å². The maximum Gasteiger partial charge on any atom is 0.239 e. The minimum absolute atomic E-state index is 0.0749. The molecule has 4 N–H and O–H groups in total. The van der Waals surface area contributed by atoms with E-state index in [0.29, 0.717) is 12.4 Å². The fraction of sp³-hybridized carbons (Fsp3) is 0.444. The van der Waals surface area contributed by atoms with Crippen LogP contribution in [0.5, 0.6) is 0 Å². The molecule has 1 rings (SSSR count). The highest BCUT2D eigenvalue weighted by atomic mass is 16.1. The van der Waals surface area contributed by atoms with Crippen LogP contribution in [0.4, 0.5) is 11.8 Å². The molecule has 15 heavy (non-hydrogen) atoms. The molecule has 1 aromatic heterocycles. The van der Waals surface area contributed by atoms with E-state index in [1.807, 2.05) is 13.8 Å². The van der Waals surface area contributed by atoms with Gasteiger partial charge in [-0.3, -0.25) is 4.79 Å². The molecular weight excluding hydrogens is 194 g/mol. The number of aromatic nitrogens is 2. The number of rotatable bonds is 4. The molecule has 0 aliphatic rings. The lowest BCUT2D eigenvalue weighted by atomic mass is 10.3. The molecule has 0 fully saturated rings. The zero-order valence-electron chi connectivity index (χ0n) is 8.87. The highest BCUT2D eigenvalue weighted by Gasteiger charge is 2.03. The van der Waals surface area contributed by atoms with Crippen LogP contribution in [0.15, 0.2) is 6.20 Å². The van der Waals surface area contributed by atoms with Crippen LogP contribution in [0.1, 0.15) is 12.5 Å². The molecule has 1 heterocycles. The van der Waals surface area contributed by atoms with E-state index in [0.717, 1.165) is 5.56 Å². The summed E-state index contributed by atoms with van der Waals surface area (Å²) in [4.78, 5) is 19.0. The lowest BCUT2D eigenvalue weighted by Crippen LogP contribution is -2.29. The van der Waals surface area contributed by atoms with Crippen LogP contribution in [0, 0.1) is 6.92 Å². The molecule has 0 saturated carbocycles. The first-order valence-corrected chi connectivity index (χ1v) is 4.73. The Morgan fingerprint density at radius 1 is 1.60 bits per heavy atom. The van der Waals surface area contributed by atoms with Crippen molar-refractivity contribution < 1.29 is 4.79 Å². The minimum Gasteiger partial charge on any atom is -0.368 e. The zero-order valence-corrected chi connectivity index (χ0v) is 8.87. The number of nitrogen functional groups attached to an aromatic ring is 1. The Morgan fingerprint density at radius 3 is 3.00 bits per heavy atom. The number of nitrogens with one attached hydrogen (secondary N) is 2. The average Bonchev–Trinajstić information content (AvgIpc) is 2.20. The van der Waals surface area contributed by atoms with E-state index >= 15 is 0 Å². The van der Waals surface area contributed by atoms with Gasteiger partial charge in [-0.2, -0.15) is 4.98 Å². The number of likely N-dealkylation sites (N-methyl/N-ethyl adjacent to an activating group) is 1. The Bertz CT molecular complexity index is 352. The fourth-order valence-electron chi connectivity index (χ4n) is 1.06. The van der Waals surface area contributed by atoms with E-state index in [4.69, 9.17) is 5.73 Å². The van der Waals surface area contributed by atoms with Crippen molar-refractivity contribution in [3.8, 4) is 0 Å². The highest BCUT2D eigenvalue weighted by Crippen LogP contribution is 2.09. The molecule has 82 valence electrons. The van der Waals surface area contributed by atoms with Gasteiger partial charge in [0.25, 0.3) is 0 Å². The van der Waals surface area contributed by atoms with E-state index < -0.39 is 0 Å². The van der Waals surface area contributed by atoms with Crippen LogP contribution < -0.4 is 16.4 Å². The third-order valence-corrected chi connectivity index (χ3v) is 1.78. The van der Waals surface area contributed by atoms with Crippen molar-refractivity contribution in [2.75, 3.05) is 24.1 Å². The molecule has 0 unspecified atom stereocenters. The number of anilines is 2. The van der Waals surface area contributed by atoms with E-state index in [1.54, 1.807) is 6.20 Å². The Morgan fingerprint density at radius 2 is 2.33 bits per heavy atom. The summed E-state index contributed by atoms with van der Waals surface area (Å²) in [6.45, 7) is 4.52. The molecule has 0 aliphatic carbocycles. The molecule has 0 saturated heterocycles. The van der Waals surface area contributed by atoms with Crippen molar-refractivity contribution in [1.82, 2.24) is 15.3 Å². The second-order valence-corrected chi connectivity index (χ2v) is 3.07. The average molecular weight is 209 g/mol. The molecule has 0 atom stereocenters.